The lowest BCUT2D eigenvalue weighted by Gasteiger charge is -2.43. The highest BCUT2D eigenvalue weighted by Crippen LogP contribution is 2.68. The first kappa shape index (κ1) is 18.9. The van der Waals surface area contributed by atoms with Crippen LogP contribution in [0.15, 0.2) is 30.3 Å². The number of aliphatic hydroxyl groups is 1. The summed E-state index contributed by atoms with van der Waals surface area (Å²) in [6, 6.07) is 9.38. The van der Waals surface area contributed by atoms with Crippen LogP contribution in [0.5, 0.6) is 0 Å². The third-order valence-corrected chi connectivity index (χ3v) is 7.23. The molecule has 0 radical (unpaired) electrons. The Hall–Kier alpha value is -1.88. The van der Waals surface area contributed by atoms with Crippen molar-refractivity contribution in [2.45, 2.75) is 46.6 Å². The van der Waals surface area contributed by atoms with Crippen LogP contribution in [0.3, 0.4) is 0 Å². The summed E-state index contributed by atoms with van der Waals surface area (Å²) in [5, 5.41) is 20.6. The molecule has 1 saturated heterocycles. The zero-order chi connectivity index (χ0) is 19.3. The van der Waals surface area contributed by atoms with Gasteiger partial charge < -0.3 is 15.1 Å². The molecule has 1 aromatic rings. The molecule has 1 heterocycles. The molecular formula is C21H29NO4. The normalized spacial score (nSPS) is 30.0. The molecular weight excluding hydrogens is 330 g/mol. The summed E-state index contributed by atoms with van der Waals surface area (Å²) in [6.45, 7) is 8.82. The molecule has 5 heteroatoms. The molecule has 26 heavy (non-hydrogen) atoms. The van der Waals surface area contributed by atoms with E-state index in [2.05, 4.69) is 27.7 Å². The summed E-state index contributed by atoms with van der Waals surface area (Å²) in [6.07, 6.45) is -0.548. The van der Waals surface area contributed by atoms with Crippen molar-refractivity contribution in [1.82, 2.24) is 4.90 Å². The number of amides is 1. The number of carboxylic acids is 1. The number of aliphatic carboxylic acids is 1. The summed E-state index contributed by atoms with van der Waals surface area (Å²) >= 11 is 0. The molecule has 2 N–H and O–H groups in total. The Kier molecular flexibility index (Phi) is 4.42. The number of benzene rings is 1. The molecule has 1 amide bonds. The first-order valence-corrected chi connectivity index (χ1v) is 9.28. The highest BCUT2D eigenvalue weighted by molar-refractivity contribution is 5.85. The average Bonchev–Trinajstić information content (AvgIpc) is 2.98. The van der Waals surface area contributed by atoms with Gasteiger partial charge >= 0.3 is 5.97 Å². The predicted octanol–water partition coefficient (Wildman–Crippen LogP) is 2.58. The lowest BCUT2D eigenvalue weighted by Crippen LogP contribution is -2.57. The molecule has 0 bridgehead atoms. The Morgan fingerprint density at radius 3 is 2.15 bits per heavy atom. The van der Waals surface area contributed by atoms with E-state index >= 15 is 0 Å². The van der Waals surface area contributed by atoms with E-state index in [1.807, 2.05) is 30.3 Å². The molecule has 1 aliphatic heterocycles. The molecule has 2 aliphatic rings. The summed E-state index contributed by atoms with van der Waals surface area (Å²) in [7, 11) is 0. The second-order valence-corrected chi connectivity index (χ2v) is 9.05. The molecule has 0 aromatic heterocycles. The van der Waals surface area contributed by atoms with Crippen molar-refractivity contribution in [2.24, 2.45) is 22.2 Å². The number of hydrogen-bond donors (Lipinski definition) is 2. The van der Waals surface area contributed by atoms with Gasteiger partial charge in [-0.3, -0.25) is 9.59 Å². The maximum Gasteiger partial charge on any atom is 0.312 e. The third-order valence-electron chi connectivity index (χ3n) is 7.23. The highest BCUT2D eigenvalue weighted by atomic mass is 16.4. The summed E-state index contributed by atoms with van der Waals surface area (Å²) < 4.78 is 0. The zero-order valence-corrected chi connectivity index (χ0v) is 16.0. The van der Waals surface area contributed by atoms with Gasteiger partial charge in [-0.15, -0.1) is 0 Å². The van der Waals surface area contributed by atoms with Crippen LogP contribution in [-0.4, -0.2) is 46.2 Å². The maximum atomic E-state index is 12.9. The smallest absolute Gasteiger partial charge is 0.312 e. The van der Waals surface area contributed by atoms with Gasteiger partial charge in [0.25, 0.3) is 0 Å². The van der Waals surface area contributed by atoms with Crippen molar-refractivity contribution in [3.63, 3.8) is 0 Å². The quantitative estimate of drug-likeness (QED) is 0.866. The number of nitrogens with zero attached hydrogens (tertiary/aromatic N) is 1. The van der Waals surface area contributed by atoms with Crippen molar-refractivity contribution >= 4 is 11.9 Å². The van der Waals surface area contributed by atoms with Crippen LogP contribution in [0.4, 0.5) is 0 Å². The molecule has 2 fully saturated rings. The van der Waals surface area contributed by atoms with Gasteiger partial charge in [0.15, 0.2) is 0 Å². The molecule has 1 saturated carbocycles. The standard InChI is InChI=1S/C21H29NO4/c1-19(2)16(20(19,3)4)17(24)22-11-10-21(18(25)26,15(23)13-22)12-14-8-6-5-7-9-14/h5-9,15-16,23H,10-13H2,1-4H3,(H,25,26)/t15-,21+/m0/s1. The van der Waals surface area contributed by atoms with Crippen molar-refractivity contribution in [2.75, 3.05) is 13.1 Å². The van der Waals surface area contributed by atoms with Crippen LogP contribution in [0, 0.1) is 22.2 Å². The molecule has 0 spiro atoms. The summed E-state index contributed by atoms with van der Waals surface area (Å²) in [5.41, 5.74) is -0.494. The number of aliphatic hydroxyl groups excluding tert-OH is 1. The molecule has 5 nitrogen and oxygen atoms in total. The highest BCUT2D eigenvalue weighted by Gasteiger charge is 2.69. The van der Waals surface area contributed by atoms with Crippen molar-refractivity contribution < 1.29 is 19.8 Å². The molecule has 3 rings (SSSR count). The number of hydrogen-bond acceptors (Lipinski definition) is 3. The Labute approximate surface area is 155 Å². The van der Waals surface area contributed by atoms with E-state index in [9.17, 15) is 19.8 Å². The minimum absolute atomic E-state index is 0.0396. The van der Waals surface area contributed by atoms with E-state index in [1.165, 1.54) is 0 Å². The Balaban J connectivity index is 1.76. The van der Waals surface area contributed by atoms with Crippen LogP contribution < -0.4 is 0 Å². The summed E-state index contributed by atoms with van der Waals surface area (Å²) in [4.78, 5) is 26.7. The van der Waals surface area contributed by atoms with Gasteiger partial charge in [0.1, 0.15) is 5.41 Å². The van der Waals surface area contributed by atoms with Crippen LogP contribution in [0.2, 0.25) is 0 Å². The third kappa shape index (κ3) is 2.73. The van der Waals surface area contributed by atoms with Crippen molar-refractivity contribution in [1.29, 1.82) is 0 Å². The van der Waals surface area contributed by atoms with Crippen LogP contribution in [-0.2, 0) is 16.0 Å². The topological polar surface area (TPSA) is 77.8 Å². The molecule has 1 aliphatic carbocycles. The number of rotatable bonds is 4. The van der Waals surface area contributed by atoms with Gasteiger partial charge in [0.2, 0.25) is 5.91 Å². The monoisotopic (exact) mass is 359 g/mol. The first-order chi connectivity index (χ1) is 12.0. The number of piperidine rings is 1. The average molecular weight is 359 g/mol. The summed E-state index contributed by atoms with van der Waals surface area (Å²) in [5.74, 6) is -1.03. The van der Waals surface area contributed by atoms with Crippen molar-refractivity contribution in [3.8, 4) is 0 Å². The second-order valence-electron chi connectivity index (χ2n) is 9.05. The number of β-amino-alcohol motifs (C(OH)–C–C–N with tert-alkyl or cyclic N) is 1. The number of likely N-dealkylation sites (tertiary alicyclic amines) is 1. The van der Waals surface area contributed by atoms with E-state index in [0.717, 1.165) is 5.56 Å². The largest absolute Gasteiger partial charge is 0.481 e. The van der Waals surface area contributed by atoms with E-state index in [1.54, 1.807) is 4.90 Å². The fourth-order valence-electron chi connectivity index (χ4n) is 4.66. The van der Waals surface area contributed by atoms with Gasteiger partial charge in [-0.05, 0) is 29.2 Å². The molecule has 1 aromatic carbocycles. The SMILES string of the molecule is CC1(C)C(C(=O)N2CC[C@](Cc3ccccc3)(C(=O)O)[C@@H](O)C2)C1(C)C. The lowest BCUT2D eigenvalue weighted by atomic mass is 9.71. The number of carbonyl (C=O) groups excluding carboxylic acids is 1. The van der Waals surface area contributed by atoms with E-state index in [0.29, 0.717) is 6.54 Å². The van der Waals surface area contributed by atoms with Gasteiger partial charge in [0, 0.05) is 19.0 Å². The minimum atomic E-state index is -1.24. The van der Waals surface area contributed by atoms with Crippen LogP contribution >= 0.6 is 0 Å². The van der Waals surface area contributed by atoms with E-state index in [4.69, 9.17) is 0 Å². The number of carboxylic acid groups (broad SMARTS) is 1. The molecule has 142 valence electrons. The van der Waals surface area contributed by atoms with Gasteiger partial charge in [-0.25, -0.2) is 0 Å². The Bertz CT molecular complexity index is 698. The Morgan fingerprint density at radius 2 is 1.69 bits per heavy atom. The second kappa shape index (κ2) is 6.08. The fourth-order valence-corrected chi connectivity index (χ4v) is 4.66. The van der Waals surface area contributed by atoms with Gasteiger partial charge in [-0.2, -0.15) is 0 Å². The first-order valence-electron chi connectivity index (χ1n) is 9.28. The predicted molar refractivity (Wildman–Crippen MR) is 98.5 cm³/mol. The lowest BCUT2D eigenvalue weighted by molar-refractivity contribution is -0.166. The molecule has 0 unspecified atom stereocenters. The van der Waals surface area contributed by atoms with E-state index in [-0.39, 0.29) is 42.0 Å². The van der Waals surface area contributed by atoms with Crippen LogP contribution in [0.25, 0.3) is 0 Å². The van der Waals surface area contributed by atoms with Crippen molar-refractivity contribution in [3.05, 3.63) is 35.9 Å². The van der Waals surface area contributed by atoms with Crippen LogP contribution in [0.1, 0.15) is 39.7 Å². The van der Waals surface area contributed by atoms with Gasteiger partial charge in [0.05, 0.1) is 6.10 Å². The fraction of sp³-hybridized carbons (Fsp3) is 0.619. The Morgan fingerprint density at radius 1 is 1.12 bits per heavy atom. The molecule has 2 atom stereocenters. The maximum absolute atomic E-state index is 12.9. The number of carbonyl (C=O) groups is 2. The van der Waals surface area contributed by atoms with Gasteiger partial charge in [-0.1, -0.05) is 58.0 Å². The van der Waals surface area contributed by atoms with E-state index < -0.39 is 17.5 Å². The zero-order valence-electron chi connectivity index (χ0n) is 16.0. The minimum Gasteiger partial charge on any atom is -0.481 e.